The van der Waals surface area contributed by atoms with E-state index < -0.39 is 6.10 Å². The molecule has 1 aromatic carbocycles. The zero-order valence-electron chi connectivity index (χ0n) is 16.7. The SMILES string of the molecule is COc1cc(OC)c(Cl)c(-c2cc3cnc(Cl)cc3c(NC(=O)C3CCCO3)n2)c1Cl. The number of hydrogen-bond acceptors (Lipinski definition) is 6. The average molecular weight is 483 g/mol. The standard InChI is InChI=1S/C21H18Cl3N3O4/c1-29-14-8-15(30-2)19(24)17(18(14)23)12-6-10-9-25-16(22)7-11(10)20(26-12)27-21(28)13-4-3-5-31-13/h6-9,13H,3-5H2,1-2H3,(H,26,27,28). The molecule has 162 valence electrons. The Morgan fingerprint density at radius 3 is 2.45 bits per heavy atom. The first-order valence-corrected chi connectivity index (χ1v) is 10.6. The van der Waals surface area contributed by atoms with Crippen molar-refractivity contribution in [3.63, 3.8) is 0 Å². The fraction of sp³-hybridized carbons (Fsp3) is 0.286. The number of nitrogens with zero attached hydrogens (tertiary/aromatic N) is 2. The van der Waals surface area contributed by atoms with E-state index in [1.165, 1.54) is 14.2 Å². The number of anilines is 1. The van der Waals surface area contributed by atoms with Gasteiger partial charge in [-0.25, -0.2) is 9.97 Å². The van der Waals surface area contributed by atoms with Crippen LogP contribution >= 0.6 is 34.8 Å². The minimum atomic E-state index is -0.526. The number of amides is 1. The summed E-state index contributed by atoms with van der Waals surface area (Å²) in [5.74, 6) is 0.765. The summed E-state index contributed by atoms with van der Waals surface area (Å²) in [6.45, 7) is 0.552. The van der Waals surface area contributed by atoms with E-state index >= 15 is 0 Å². The van der Waals surface area contributed by atoms with Gasteiger partial charge in [0.2, 0.25) is 0 Å². The van der Waals surface area contributed by atoms with E-state index in [0.717, 1.165) is 6.42 Å². The molecule has 7 nitrogen and oxygen atoms in total. The number of aromatic nitrogens is 2. The van der Waals surface area contributed by atoms with Gasteiger partial charge in [0, 0.05) is 35.2 Å². The Balaban J connectivity index is 1.90. The fourth-order valence-electron chi connectivity index (χ4n) is 3.44. The van der Waals surface area contributed by atoms with E-state index in [1.54, 1.807) is 24.4 Å². The molecule has 3 aromatic rings. The van der Waals surface area contributed by atoms with Gasteiger partial charge in [0.1, 0.15) is 28.6 Å². The van der Waals surface area contributed by atoms with Crippen LogP contribution in [0, 0.1) is 0 Å². The van der Waals surface area contributed by atoms with Crippen LogP contribution < -0.4 is 14.8 Å². The van der Waals surface area contributed by atoms with Gasteiger partial charge in [-0.1, -0.05) is 34.8 Å². The smallest absolute Gasteiger partial charge is 0.254 e. The van der Waals surface area contributed by atoms with Crippen molar-refractivity contribution in [3.05, 3.63) is 39.6 Å². The van der Waals surface area contributed by atoms with Gasteiger partial charge < -0.3 is 19.5 Å². The topological polar surface area (TPSA) is 82.6 Å². The van der Waals surface area contributed by atoms with E-state index in [9.17, 15) is 4.79 Å². The molecule has 0 bridgehead atoms. The Morgan fingerprint density at radius 2 is 1.84 bits per heavy atom. The van der Waals surface area contributed by atoms with Gasteiger partial charge in [0.15, 0.2) is 0 Å². The van der Waals surface area contributed by atoms with Crippen LogP contribution in [0.25, 0.3) is 22.0 Å². The molecule has 1 unspecified atom stereocenters. The third-order valence-electron chi connectivity index (χ3n) is 4.97. The summed E-state index contributed by atoms with van der Waals surface area (Å²) in [4.78, 5) is 21.5. The quantitative estimate of drug-likeness (QED) is 0.491. The van der Waals surface area contributed by atoms with Gasteiger partial charge in [-0.15, -0.1) is 0 Å². The number of halogens is 3. The summed E-state index contributed by atoms with van der Waals surface area (Å²) in [6.07, 6.45) is 2.54. The molecule has 4 rings (SSSR count). The lowest BCUT2D eigenvalue weighted by molar-refractivity contribution is -0.124. The molecule has 2 aromatic heterocycles. The summed E-state index contributed by atoms with van der Waals surface area (Å²) in [6, 6.07) is 4.98. The molecular weight excluding hydrogens is 465 g/mol. The predicted molar refractivity (Wildman–Crippen MR) is 121 cm³/mol. The molecule has 1 N–H and O–H groups in total. The van der Waals surface area contributed by atoms with Gasteiger partial charge in [0.05, 0.1) is 30.0 Å². The first-order valence-electron chi connectivity index (χ1n) is 9.42. The molecule has 1 amide bonds. The molecule has 0 spiro atoms. The molecular formula is C21H18Cl3N3O4. The highest BCUT2D eigenvalue weighted by Gasteiger charge is 2.26. The number of fused-ring (bicyclic) bond motifs is 1. The molecule has 3 heterocycles. The Morgan fingerprint density at radius 1 is 1.13 bits per heavy atom. The second kappa shape index (κ2) is 9.04. The molecule has 1 aliphatic rings. The van der Waals surface area contributed by atoms with Crippen LogP contribution in [-0.4, -0.2) is 42.8 Å². The Hall–Kier alpha value is -2.32. The summed E-state index contributed by atoms with van der Waals surface area (Å²) >= 11 is 19.2. The third-order valence-corrected chi connectivity index (χ3v) is 5.93. The van der Waals surface area contributed by atoms with Crippen LogP contribution in [0.4, 0.5) is 5.82 Å². The highest BCUT2D eigenvalue weighted by molar-refractivity contribution is 6.41. The molecule has 1 saturated heterocycles. The van der Waals surface area contributed by atoms with Crippen molar-refractivity contribution in [2.75, 3.05) is 26.1 Å². The number of ether oxygens (including phenoxy) is 3. The second-order valence-electron chi connectivity index (χ2n) is 6.86. The Bertz CT molecular complexity index is 1140. The van der Waals surface area contributed by atoms with Gasteiger partial charge >= 0.3 is 0 Å². The van der Waals surface area contributed by atoms with Crippen LogP contribution in [0.2, 0.25) is 15.2 Å². The molecule has 31 heavy (non-hydrogen) atoms. The minimum absolute atomic E-state index is 0.262. The van der Waals surface area contributed by atoms with E-state index in [4.69, 9.17) is 49.0 Å². The van der Waals surface area contributed by atoms with Crippen molar-refractivity contribution in [1.29, 1.82) is 0 Å². The molecule has 1 aliphatic heterocycles. The number of hydrogen-bond donors (Lipinski definition) is 1. The van der Waals surface area contributed by atoms with Crippen molar-refractivity contribution in [2.45, 2.75) is 18.9 Å². The first kappa shape index (κ1) is 21.9. The van der Waals surface area contributed by atoms with Crippen molar-refractivity contribution < 1.29 is 19.0 Å². The molecule has 0 radical (unpaired) electrons. The summed E-state index contributed by atoms with van der Waals surface area (Å²) in [7, 11) is 2.98. The Kier molecular flexibility index (Phi) is 6.39. The highest BCUT2D eigenvalue weighted by atomic mass is 35.5. The van der Waals surface area contributed by atoms with Crippen LogP contribution in [0.3, 0.4) is 0 Å². The normalized spacial score (nSPS) is 15.8. The maximum absolute atomic E-state index is 12.7. The monoisotopic (exact) mass is 481 g/mol. The second-order valence-corrected chi connectivity index (χ2v) is 8.00. The van der Waals surface area contributed by atoms with Gasteiger partial charge in [-0.2, -0.15) is 0 Å². The van der Waals surface area contributed by atoms with Crippen LogP contribution in [0.1, 0.15) is 12.8 Å². The zero-order valence-corrected chi connectivity index (χ0v) is 18.9. The van der Waals surface area contributed by atoms with Crippen molar-refractivity contribution >= 4 is 57.3 Å². The third kappa shape index (κ3) is 4.23. The van der Waals surface area contributed by atoms with Crippen LogP contribution in [-0.2, 0) is 9.53 Å². The number of methoxy groups -OCH3 is 2. The van der Waals surface area contributed by atoms with Crippen molar-refractivity contribution in [2.24, 2.45) is 0 Å². The van der Waals surface area contributed by atoms with Gasteiger partial charge in [-0.05, 0) is 25.0 Å². The highest BCUT2D eigenvalue weighted by Crippen LogP contribution is 2.46. The van der Waals surface area contributed by atoms with Crippen molar-refractivity contribution in [1.82, 2.24) is 9.97 Å². The van der Waals surface area contributed by atoms with Crippen LogP contribution in [0.15, 0.2) is 24.4 Å². The van der Waals surface area contributed by atoms with Gasteiger partial charge in [-0.3, -0.25) is 4.79 Å². The van der Waals surface area contributed by atoms with E-state index in [-0.39, 0.29) is 21.1 Å². The molecule has 1 atom stereocenters. The number of pyridine rings is 2. The first-order chi connectivity index (χ1) is 14.9. The van der Waals surface area contributed by atoms with E-state index in [0.29, 0.717) is 52.4 Å². The number of nitrogens with one attached hydrogen (secondary N) is 1. The lowest BCUT2D eigenvalue weighted by Gasteiger charge is -2.17. The summed E-state index contributed by atoms with van der Waals surface area (Å²) < 4.78 is 16.2. The number of carbonyl (C=O) groups is 1. The zero-order chi connectivity index (χ0) is 22.1. The Labute approximate surface area is 193 Å². The molecule has 10 heteroatoms. The largest absolute Gasteiger partial charge is 0.495 e. The lowest BCUT2D eigenvalue weighted by atomic mass is 10.1. The predicted octanol–water partition coefficient (Wildman–Crippen LogP) is 5.39. The van der Waals surface area contributed by atoms with Gasteiger partial charge in [0.25, 0.3) is 5.91 Å². The number of carbonyl (C=O) groups excluding carboxylic acids is 1. The van der Waals surface area contributed by atoms with Crippen LogP contribution in [0.5, 0.6) is 11.5 Å². The maximum Gasteiger partial charge on any atom is 0.254 e. The average Bonchev–Trinajstić information content (AvgIpc) is 3.30. The van der Waals surface area contributed by atoms with Crippen molar-refractivity contribution in [3.8, 4) is 22.8 Å². The molecule has 0 saturated carbocycles. The van der Waals surface area contributed by atoms with E-state index in [1.807, 2.05) is 0 Å². The summed E-state index contributed by atoms with van der Waals surface area (Å²) in [5, 5.41) is 4.96. The number of rotatable bonds is 5. The maximum atomic E-state index is 12.7. The van der Waals surface area contributed by atoms with E-state index in [2.05, 4.69) is 15.3 Å². The number of benzene rings is 1. The summed E-state index contributed by atoms with van der Waals surface area (Å²) in [5.41, 5.74) is 0.815. The molecule has 0 aliphatic carbocycles. The minimum Gasteiger partial charge on any atom is -0.495 e. The fourth-order valence-corrected chi connectivity index (χ4v) is 4.29. The molecule has 1 fully saturated rings. The lowest BCUT2D eigenvalue weighted by Crippen LogP contribution is -2.27.